The Morgan fingerprint density at radius 3 is 1.83 bits per heavy atom. The lowest BCUT2D eigenvalue weighted by molar-refractivity contribution is 0.571. The number of hydrogen-bond donors (Lipinski definition) is 2. The van der Waals surface area contributed by atoms with E-state index in [2.05, 4.69) is 35.8 Å². The van der Waals surface area contributed by atoms with Gasteiger partial charge in [-0.05, 0) is 30.7 Å². The molecule has 0 radical (unpaired) electrons. The van der Waals surface area contributed by atoms with Gasteiger partial charge < -0.3 is 16.0 Å². The molecule has 3 heteroatoms. The number of hydrogen-bond acceptors (Lipinski definition) is 2. The Morgan fingerprint density at radius 2 is 1.26 bits per heavy atom. The molecule has 0 unspecified atom stereocenters. The second-order valence-electron chi connectivity index (χ2n) is 6.47. The van der Waals surface area contributed by atoms with Gasteiger partial charge in [0, 0.05) is 28.7 Å². The predicted octanol–water partition coefficient (Wildman–Crippen LogP) is 5.32. The van der Waals surface area contributed by atoms with Crippen LogP contribution in [-0.2, 0) is 6.54 Å². The van der Waals surface area contributed by atoms with Crippen LogP contribution in [0.4, 0.5) is 11.4 Å². The Kier molecular flexibility index (Phi) is 4.75. The first-order valence-electron chi connectivity index (χ1n) is 8.77. The molecule has 0 aliphatic rings. The van der Waals surface area contributed by atoms with Crippen LogP contribution < -0.4 is 11.5 Å². The smallest absolute Gasteiger partial charge is 0.0512 e. The molecule has 1 aromatic heterocycles. The highest BCUT2D eigenvalue weighted by atomic mass is 15.0. The molecule has 0 saturated carbocycles. The minimum atomic E-state index is 0.817. The molecule has 0 bridgehead atoms. The van der Waals surface area contributed by atoms with Gasteiger partial charge in [-0.3, -0.25) is 0 Å². The number of unbranched alkanes of at least 4 members (excludes halogenated alkanes) is 5. The monoisotopic (exact) mass is 309 g/mol. The van der Waals surface area contributed by atoms with Crippen LogP contribution in [0.2, 0.25) is 0 Å². The Labute approximate surface area is 138 Å². The van der Waals surface area contributed by atoms with Gasteiger partial charge in [-0.1, -0.05) is 51.2 Å². The summed E-state index contributed by atoms with van der Waals surface area (Å²) in [6.07, 6.45) is 7.81. The van der Waals surface area contributed by atoms with Gasteiger partial charge in [-0.15, -0.1) is 0 Å². The molecule has 0 amide bonds. The Morgan fingerprint density at radius 1 is 0.739 bits per heavy atom. The molecule has 0 saturated heterocycles. The zero-order chi connectivity index (χ0) is 16.2. The Balaban J connectivity index is 1.89. The molecule has 0 aliphatic carbocycles. The summed E-state index contributed by atoms with van der Waals surface area (Å²) >= 11 is 0. The van der Waals surface area contributed by atoms with E-state index in [-0.39, 0.29) is 0 Å². The van der Waals surface area contributed by atoms with Crippen molar-refractivity contribution in [3.63, 3.8) is 0 Å². The van der Waals surface area contributed by atoms with Gasteiger partial charge in [-0.25, -0.2) is 0 Å². The zero-order valence-corrected chi connectivity index (χ0v) is 14.0. The number of aryl methyl sites for hydroxylation is 1. The van der Waals surface area contributed by atoms with E-state index >= 15 is 0 Å². The van der Waals surface area contributed by atoms with Crippen molar-refractivity contribution in [2.75, 3.05) is 11.5 Å². The molecular formula is C20H27N3. The molecule has 0 aliphatic heterocycles. The summed E-state index contributed by atoms with van der Waals surface area (Å²) in [5, 5.41) is 2.53. The maximum atomic E-state index is 6.02. The average Bonchev–Trinajstić information content (AvgIpc) is 2.83. The number of nitrogens with two attached hydrogens (primary N) is 2. The lowest BCUT2D eigenvalue weighted by Gasteiger charge is -2.08. The molecule has 2 aromatic carbocycles. The molecular weight excluding hydrogens is 282 g/mol. The minimum absolute atomic E-state index is 0.817. The largest absolute Gasteiger partial charge is 0.399 e. The fourth-order valence-corrected chi connectivity index (χ4v) is 3.42. The number of nitrogens with zero attached hydrogens (tertiary/aromatic N) is 1. The Bertz CT molecular complexity index is 742. The standard InChI is InChI=1S/C20H27N3/c1-2-3-4-5-6-7-12-23-19-13-15(21)8-10-17(19)18-11-9-16(22)14-20(18)23/h8-11,13-14H,2-7,12,21-22H2,1H3. The molecule has 122 valence electrons. The fourth-order valence-electron chi connectivity index (χ4n) is 3.42. The maximum absolute atomic E-state index is 6.02. The summed E-state index contributed by atoms with van der Waals surface area (Å²) in [7, 11) is 0. The van der Waals surface area contributed by atoms with E-state index in [0.29, 0.717) is 0 Å². The van der Waals surface area contributed by atoms with Crippen LogP contribution in [0.25, 0.3) is 21.8 Å². The third-order valence-corrected chi connectivity index (χ3v) is 4.65. The number of benzene rings is 2. The van der Waals surface area contributed by atoms with E-state index in [4.69, 9.17) is 11.5 Å². The number of anilines is 2. The predicted molar refractivity (Wildman–Crippen MR) is 102 cm³/mol. The SMILES string of the molecule is CCCCCCCCn1c2cc(N)ccc2c2ccc(N)cc21. The first-order valence-corrected chi connectivity index (χ1v) is 8.77. The molecule has 0 fully saturated rings. The van der Waals surface area contributed by atoms with Crippen molar-refractivity contribution in [3.05, 3.63) is 36.4 Å². The van der Waals surface area contributed by atoms with Gasteiger partial charge in [0.15, 0.2) is 0 Å². The molecule has 0 atom stereocenters. The maximum Gasteiger partial charge on any atom is 0.0512 e. The average molecular weight is 309 g/mol. The van der Waals surface area contributed by atoms with E-state index in [1.807, 2.05) is 12.1 Å². The van der Waals surface area contributed by atoms with Crippen molar-refractivity contribution >= 4 is 33.2 Å². The van der Waals surface area contributed by atoms with Crippen LogP contribution in [0.15, 0.2) is 36.4 Å². The summed E-state index contributed by atoms with van der Waals surface area (Å²) < 4.78 is 2.39. The normalized spacial score (nSPS) is 11.5. The summed E-state index contributed by atoms with van der Waals surface area (Å²) in [5.41, 5.74) is 16.1. The Hall–Kier alpha value is -2.16. The lowest BCUT2D eigenvalue weighted by Crippen LogP contribution is -1.99. The van der Waals surface area contributed by atoms with Crippen molar-refractivity contribution < 1.29 is 0 Å². The summed E-state index contributed by atoms with van der Waals surface area (Å²) in [6, 6.07) is 12.4. The lowest BCUT2D eigenvalue weighted by atomic mass is 10.1. The molecule has 4 N–H and O–H groups in total. The van der Waals surface area contributed by atoms with E-state index in [1.54, 1.807) is 0 Å². The third kappa shape index (κ3) is 3.29. The molecule has 3 nitrogen and oxygen atoms in total. The second kappa shape index (κ2) is 6.95. The minimum Gasteiger partial charge on any atom is -0.399 e. The number of rotatable bonds is 7. The van der Waals surface area contributed by atoms with Crippen LogP contribution in [0.1, 0.15) is 45.4 Å². The van der Waals surface area contributed by atoms with Crippen molar-refractivity contribution in [3.8, 4) is 0 Å². The highest BCUT2D eigenvalue weighted by Gasteiger charge is 2.11. The molecule has 0 spiro atoms. The number of nitrogen functional groups attached to an aromatic ring is 2. The van der Waals surface area contributed by atoms with Crippen molar-refractivity contribution in [1.82, 2.24) is 4.57 Å². The van der Waals surface area contributed by atoms with Gasteiger partial charge in [0.05, 0.1) is 11.0 Å². The van der Waals surface area contributed by atoms with Crippen molar-refractivity contribution in [2.45, 2.75) is 52.0 Å². The van der Waals surface area contributed by atoms with Crippen molar-refractivity contribution in [2.24, 2.45) is 0 Å². The summed E-state index contributed by atoms with van der Waals surface area (Å²) in [6.45, 7) is 3.28. The highest BCUT2D eigenvalue weighted by molar-refractivity contribution is 6.09. The van der Waals surface area contributed by atoms with Gasteiger partial charge in [0.25, 0.3) is 0 Å². The van der Waals surface area contributed by atoms with Gasteiger partial charge >= 0.3 is 0 Å². The molecule has 23 heavy (non-hydrogen) atoms. The third-order valence-electron chi connectivity index (χ3n) is 4.65. The molecule has 3 aromatic rings. The summed E-state index contributed by atoms with van der Waals surface area (Å²) in [4.78, 5) is 0. The van der Waals surface area contributed by atoms with Crippen LogP contribution in [-0.4, -0.2) is 4.57 Å². The van der Waals surface area contributed by atoms with Gasteiger partial charge in [-0.2, -0.15) is 0 Å². The van der Waals surface area contributed by atoms with Gasteiger partial charge in [0.2, 0.25) is 0 Å². The number of aromatic nitrogens is 1. The number of fused-ring (bicyclic) bond motifs is 3. The van der Waals surface area contributed by atoms with E-state index in [0.717, 1.165) is 17.9 Å². The van der Waals surface area contributed by atoms with E-state index in [9.17, 15) is 0 Å². The quantitative estimate of drug-likeness (QED) is 0.458. The first kappa shape index (κ1) is 15.7. The zero-order valence-electron chi connectivity index (χ0n) is 14.0. The van der Waals surface area contributed by atoms with Gasteiger partial charge in [0.1, 0.15) is 0 Å². The molecule has 3 rings (SSSR count). The van der Waals surface area contributed by atoms with E-state index < -0.39 is 0 Å². The van der Waals surface area contributed by atoms with E-state index in [1.165, 1.54) is 60.3 Å². The topological polar surface area (TPSA) is 57.0 Å². The van der Waals surface area contributed by atoms with Crippen LogP contribution >= 0.6 is 0 Å². The second-order valence-corrected chi connectivity index (χ2v) is 6.47. The van der Waals surface area contributed by atoms with Crippen LogP contribution in [0, 0.1) is 0 Å². The highest BCUT2D eigenvalue weighted by Crippen LogP contribution is 2.32. The first-order chi connectivity index (χ1) is 11.2. The summed E-state index contributed by atoms with van der Waals surface area (Å²) in [5.74, 6) is 0. The molecule has 1 heterocycles. The van der Waals surface area contributed by atoms with Crippen molar-refractivity contribution in [1.29, 1.82) is 0 Å². The van der Waals surface area contributed by atoms with Crippen LogP contribution in [0.5, 0.6) is 0 Å². The fraction of sp³-hybridized carbons (Fsp3) is 0.400. The van der Waals surface area contributed by atoms with Crippen LogP contribution in [0.3, 0.4) is 0 Å².